The van der Waals surface area contributed by atoms with Crippen molar-refractivity contribution in [3.05, 3.63) is 83.6 Å². The summed E-state index contributed by atoms with van der Waals surface area (Å²) in [6.45, 7) is 1.46. The zero-order valence-electron chi connectivity index (χ0n) is 15.2. The molecule has 6 nitrogen and oxygen atoms in total. The lowest BCUT2D eigenvalue weighted by Gasteiger charge is -2.13. The summed E-state index contributed by atoms with van der Waals surface area (Å²) >= 11 is 1.14. The number of ketones is 1. The molecule has 29 heavy (non-hydrogen) atoms. The molecule has 0 aliphatic rings. The van der Waals surface area contributed by atoms with Crippen LogP contribution >= 0.6 is 11.3 Å². The maximum atomic E-state index is 13.5. The Morgan fingerprint density at radius 1 is 1.14 bits per heavy atom. The Bertz CT molecular complexity index is 1210. The number of Topliss-reactive ketones (excluding diaryl/α,β-unsaturated/α-hetero) is 1. The highest BCUT2D eigenvalue weighted by Gasteiger charge is 2.21. The molecule has 0 radical (unpaired) electrons. The highest BCUT2D eigenvalue weighted by Crippen LogP contribution is 2.30. The fourth-order valence-electron chi connectivity index (χ4n) is 2.61. The third kappa shape index (κ3) is 3.97. The van der Waals surface area contributed by atoms with Gasteiger partial charge in [0, 0.05) is 11.1 Å². The van der Waals surface area contributed by atoms with E-state index in [4.69, 9.17) is 4.42 Å². The molecule has 8 heteroatoms. The molecule has 4 rings (SSSR count). The number of halogens is 1. The van der Waals surface area contributed by atoms with Crippen LogP contribution in [0.15, 0.2) is 70.4 Å². The SMILES string of the molecule is CC(=O)c1ccc(C(=O)N(/N=C/c2ccco2)c2nc3ccc(F)cc3s2)cc1. The molecule has 144 valence electrons. The second-order valence-corrected chi connectivity index (χ2v) is 7.13. The van der Waals surface area contributed by atoms with Crippen LogP contribution in [0.4, 0.5) is 9.52 Å². The smallest absolute Gasteiger partial charge is 0.280 e. The number of carbonyl (C=O) groups excluding carboxylic acids is 2. The number of furan rings is 1. The number of thiazole rings is 1. The van der Waals surface area contributed by atoms with Crippen LogP contribution in [-0.2, 0) is 0 Å². The number of amides is 1. The van der Waals surface area contributed by atoms with Crippen LogP contribution in [-0.4, -0.2) is 22.9 Å². The van der Waals surface area contributed by atoms with Gasteiger partial charge in [-0.1, -0.05) is 23.5 Å². The van der Waals surface area contributed by atoms with E-state index in [0.29, 0.717) is 27.1 Å². The first-order valence-electron chi connectivity index (χ1n) is 8.60. The molecule has 0 saturated heterocycles. The quantitative estimate of drug-likeness (QED) is 0.268. The van der Waals surface area contributed by atoms with E-state index < -0.39 is 5.91 Å². The summed E-state index contributed by atoms with van der Waals surface area (Å²) in [5.41, 5.74) is 1.39. The molecule has 0 atom stereocenters. The number of nitrogens with zero attached hydrogens (tertiary/aromatic N) is 3. The zero-order valence-corrected chi connectivity index (χ0v) is 16.0. The summed E-state index contributed by atoms with van der Waals surface area (Å²) in [7, 11) is 0. The molecule has 0 saturated carbocycles. The second kappa shape index (κ2) is 7.76. The minimum absolute atomic E-state index is 0.0927. The van der Waals surface area contributed by atoms with E-state index in [1.54, 1.807) is 42.5 Å². The maximum Gasteiger partial charge on any atom is 0.280 e. The first-order chi connectivity index (χ1) is 14.0. The Labute approximate surface area is 168 Å². The van der Waals surface area contributed by atoms with Gasteiger partial charge in [0.05, 0.1) is 22.7 Å². The Balaban J connectivity index is 1.74. The third-order valence-corrected chi connectivity index (χ3v) is 5.09. The van der Waals surface area contributed by atoms with E-state index in [0.717, 1.165) is 16.3 Å². The van der Waals surface area contributed by atoms with Gasteiger partial charge in [-0.25, -0.2) is 9.37 Å². The van der Waals surface area contributed by atoms with Gasteiger partial charge in [0.1, 0.15) is 11.6 Å². The lowest BCUT2D eigenvalue weighted by Crippen LogP contribution is -2.25. The van der Waals surface area contributed by atoms with Crippen molar-refractivity contribution in [3.8, 4) is 0 Å². The Morgan fingerprint density at radius 2 is 1.90 bits per heavy atom. The van der Waals surface area contributed by atoms with Gasteiger partial charge in [-0.2, -0.15) is 10.1 Å². The topological polar surface area (TPSA) is 75.8 Å². The Morgan fingerprint density at radius 3 is 2.59 bits per heavy atom. The minimum Gasteiger partial charge on any atom is -0.463 e. The van der Waals surface area contributed by atoms with Crippen molar-refractivity contribution in [1.29, 1.82) is 0 Å². The highest BCUT2D eigenvalue weighted by molar-refractivity contribution is 7.22. The van der Waals surface area contributed by atoms with E-state index in [1.807, 2.05) is 0 Å². The molecule has 0 N–H and O–H groups in total. The maximum absolute atomic E-state index is 13.5. The van der Waals surface area contributed by atoms with Gasteiger partial charge in [-0.15, -0.1) is 0 Å². The van der Waals surface area contributed by atoms with Gasteiger partial charge in [-0.3, -0.25) is 9.59 Å². The molecular formula is C21H14FN3O3S. The molecule has 1 amide bonds. The van der Waals surface area contributed by atoms with Crippen molar-refractivity contribution >= 4 is 44.6 Å². The highest BCUT2D eigenvalue weighted by atomic mass is 32.1. The molecule has 0 fully saturated rings. The van der Waals surface area contributed by atoms with E-state index in [1.165, 1.54) is 31.5 Å². The molecule has 0 aliphatic heterocycles. The number of rotatable bonds is 5. The van der Waals surface area contributed by atoms with Crippen LogP contribution in [0.1, 0.15) is 33.4 Å². The summed E-state index contributed by atoms with van der Waals surface area (Å²) in [4.78, 5) is 29.0. The monoisotopic (exact) mass is 407 g/mol. The van der Waals surface area contributed by atoms with Crippen molar-refractivity contribution in [1.82, 2.24) is 4.98 Å². The van der Waals surface area contributed by atoms with Crippen LogP contribution in [0.3, 0.4) is 0 Å². The van der Waals surface area contributed by atoms with Gasteiger partial charge < -0.3 is 4.42 Å². The van der Waals surface area contributed by atoms with Crippen LogP contribution < -0.4 is 5.01 Å². The molecule has 0 spiro atoms. The fourth-order valence-corrected chi connectivity index (χ4v) is 3.56. The van der Waals surface area contributed by atoms with Crippen molar-refractivity contribution in [3.63, 3.8) is 0 Å². The number of carbonyl (C=O) groups is 2. The van der Waals surface area contributed by atoms with Crippen LogP contribution in [0, 0.1) is 5.82 Å². The normalized spacial score (nSPS) is 11.2. The number of aromatic nitrogens is 1. The molecule has 2 heterocycles. The summed E-state index contributed by atoms with van der Waals surface area (Å²) in [6, 6.07) is 13.9. The summed E-state index contributed by atoms with van der Waals surface area (Å²) in [6.07, 6.45) is 2.89. The molecule has 0 unspecified atom stereocenters. The Kier molecular flexibility index (Phi) is 5.01. The predicted octanol–water partition coefficient (Wildman–Crippen LogP) is 4.91. The van der Waals surface area contributed by atoms with Crippen molar-refractivity contribution in [2.75, 3.05) is 5.01 Å². The largest absolute Gasteiger partial charge is 0.463 e. The minimum atomic E-state index is -0.442. The van der Waals surface area contributed by atoms with E-state index >= 15 is 0 Å². The molecular weight excluding hydrogens is 393 g/mol. The van der Waals surface area contributed by atoms with Crippen LogP contribution in [0.2, 0.25) is 0 Å². The van der Waals surface area contributed by atoms with E-state index in [-0.39, 0.29) is 16.7 Å². The number of benzene rings is 2. The number of hydrazone groups is 1. The molecule has 4 aromatic rings. The van der Waals surface area contributed by atoms with E-state index in [2.05, 4.69) is 10.1 Å². The average molecular weight is 407 g/mol. The zero-order chi connectivity index (χ0) is 20.4. The second-order valence-electron chi connectivity index (χ2n) is 6.12. The van der Waals surface area contributed by atoms with Crippen molar-refractivity contribution in [2.45, 2.75) is 6.92 Å². The predicted molar refractivity (Wildman–Crippen MR) is 109 cm³/mol. The van der Waals surface area contributed by atoms with E-state index in [9.17, 15) is 14.0 Å². The first-order valence-corrected chi connectivity index (χ1v) is 9.42. The van der Waals surface area contributed by atoms with Gasteiger partial charge in [0.15, 0.2) is 5.78 Å². The summed E-state index contributed by atoms with van der Waals surface area (Å²) in [5.74, 6) is -0.460. The summed E-state index contributed by atoms with van der Waals surface area (Å²) < 4.78 is 19.4. The van der Waals surface area contributed by atoms with Gasteiger partial charge >= 0.3 is 0 Å². The lowest BCUT2D eigenvalue weighted by atomic mass is 10.1. The standard InChI is InChI=1S/C21H14FN3O3S/c1-13(26)14-4-6-15(7-5-14)20(27)25(23-12-17-3-2-10-28-17)21-24-18-9-8-16(22)11-19(18)29-21/h2-12H,1H3/b23-12+. The van der Waals surface area contributed by atoms with Crippen molar-refractivity contribution in [2.24, 2.45) is 5.10 Å². The number of fused-ring (bicyclic) bond motifs is 1. The molecule has 0 bridgehead atoms. The molecule has 0 aliphatic carbocycles. The number of anilines is 1. The average Bonchev–Trinajstić information content (AvgIpc) is 3.37. The Hall–Kier alpha value is -3.65. The van der Waals surface area contributed by atoms with Gasteiger partial charge in [0.25, 0.3) is 5.91 Å². The third-order valence-electron chi connectivity index (χ3n) is 4.09. The van der Waals surface area contributed by atoms with Crippen LogP contribution in [0.25, 0.3) is 10.2 Å². The van der Waals surface area contributed by atoms with Crippen molar-refractivity contribution < 1.29 is 18.4 Å². The molecule has 2 aromatic carbocycles. The number of hydrogen-bond acceptors (Lipinski definition) is 6. The first kappa shape index (κ1) is 18.7. The number of hydrogen-bond donors (Lipinski definition) is 0. The fraction of sp³-hybridized carbons (Fsp3) is 0.0476. The van der Waals surface area contributed by atoms with Gasteiger partial charge in [0.2, 0.25) is 5.13 Å². The van der Waals surface area contributed by atoms with Gasteiger partial charge in [-0.05, 0) is 49.4 Å². The summed E-state index contributed by atoms with van der Waals surface area (Å²) in [5, 5.41) is 5.66. The van der Waals surface area contributed by atoms with Crippen LogP contribution in [0.5, 0.6) is 0 Å². The lowest BCUT2D eigenvalue weighted by molar-refractivity contribution is 0.0983. The molecule has 2 aromatic heterocycles.